The number of rotatable bonds is 8. The lowest BCUT2D eigenvalue weighted by Crippen LogP contribution is -2.33. The summed E-state index contributed by atoms with van der Waals surface area (Å²) in [5, 5.41) is 3.05. The molecular weight excluding hydrogens is 439 g/mol. The molecular formula is C18H22F2IN3O. The molecule has 0 radical (unpaired) electrons. The molecule has 0 aliphatic rings. The number of hydrogen-bond donors (Lipinski definition) is 2. The van der Waals surface area contributed by atoms with Crippen LogP contribution in [0, 0.1) is 0 Å². The highest BCUT2D eigenvalue weighted by atomic mass is 127. The van der Waals surface area contributed by atoms with Crippen molar-refractivity contribution in [3.63, 3.8) is 0 Å². The molecule has 136 valence electrons. The monoisotopic (exact) mass is 461 g/mol. The lowest BCUT2D eigenvalue weighted by molar-refractivity contribution is 0.0818. The van der Waals surface area contributed by atoms with Crippen molar-refractivity contribution < 1.29 is 13.5 Å². The molecule has 3 N–H and O–H groups in total. The van der Waals surface area contributed by atoms with E-state index in [-0.39, 0.29) is 24.0 Å². The largest absolute Gasteiger partial charge is 0.488 e. The highest BCUT2D eigenvalue weighted by molar-refractivity contribution is 14.0. The Morgan fingerprint density at radius 1 is 1.08 bits per heavy atom. The summed E-state index contributed by atoms with van der Waals surface area (Å²) < 4.78 is 29.3. The van der Waals surface area contributed by atoms with Crippen LogP contribution in [0.5, 0.6) is 5.75 Å². The second-order valence-electron chi connectivity index (χ2n) is 5.21. The third kappa shape index (κ3) is 8.67. The first kappa shape index (κ1) is 21.1. The van der Waals surface area contributed by atoms with Crippen LogP contribution in [0.2, 0.25) is 0 Å². The average Bonchev–Trinajstić information content (AvgIpc) is 2.59. The van der Waals surface area contributed by atoms with Gasteiger partial charge in [-0.25, -0.2) is 13.8 Å². The van der Waals surface area contributed by atoms with Crippen LogP contribution in [0.1, 0.15) is 11.1 Å². The zero-order chi connectivity index (χ0) is 17.2. The first-order valence-corrected chi connectivity index (χ1v) is 7.71. The van der Waals surface area contributed by atoms with Crippen molar-refractivity contribution in [2.24, 2.45) is 10.7 Å². The fourth-order valence-corrected chi connectivity index (χ4v) is 2.10. The van der Waals surface area contributed by atoms with Crippen LogP contribution >= 0.6 is 24.0 Å². The fourth-order valence-electron chi connectivity index (χ4n) is 2.10. The van der Waals surface area contributed by atoms with Gasteiger partial charge in [-0.15, -0.1) is 24.0 Å². The van der Waals surface area contributed by atoms with Crippen molar-refractivity contribution in [1.29, 1.82) is 0 Å². The highest BCUT2D eigenvalue weighted by Gasteiger charge is 2.04. The molecule has 0 saturated carbocycles. The van der Waals surface area contributed by atoms with Crippen LogP contribution in [0.25, 0.3) is 0 Å². The topological polar surface area (TPSA) is 59.6 Å². The van der Waals surface area contributed by atoms with Crippen LogP contribution < -0.4 is 15.8 Å². The first-order valence-electron chi connectivity index (χ1n) is 7.71. The molecule has 0 fully saturated rings. The van der Waals surface area contributed by atoms with Gasteiger partial charge in [0, 0.05) is 6.54 Å². The molecule has 0 aliphatic heterocycles. The van der Waals surface area contributed by atoms with E-state index in [9.17, 15) is 8.78 Å². The number of ether oxygens (including phenoxy) is 1. The number of nitrogens with zero attached hydrogens (tertiary/aromatic N) is 1. The number of halogens is 3. The van der Waals surface area contributed by atoms with Gasteiger partial charge in [-0.05, 0) is 29.7 Å². The summed E-state index contributed by atoms with van der Waals surface area (Å²) in [6.45, 7) is 0.433. The number of nitrogens with one attached hydrogen (secondary N) is 1. The van der Waals surface area contributed by atoms with E-state index in [0.717, 1.165) is 12.0 Å². The molecule has 0 atom stereocenters. The number of guanidine groups is 1. The maximum atomic E-state index is 12.1. The maximum Gasteiger partial charge on any atom is 0.272 e. The van der Waals surface area contributed by atoms with E-state index >= 15 is 0 Å². The molecule has 0 bridgehead atoms. The fraction of sp³-hybridized carbons (Fsp3) is 0.278. The minimum atomic E-state index is -2.49. The molecule has 0 saturated heterocycles. The van der Waals surface area contributed by atoms with Gasteiger partial charge in [-0.3, -0.25) is 0 Å². The van der Waals surface area contributed by atoms with Gasteiger partial charge in [0.05, 0.1) is 6.54 Å². The number of aliphatic imine (C=N–C) groups is 1. The van der Waals surface area contributed by atoms with E-state index in [1.54, 1.807) is 18.2 Å². The molecule has 4 nitrogen and oxygen atoms in total. The molecule has 0 spiro atoms. The van der Waals surface area contributed by atoms with E-state index in [1.165, 1.54) is 5.56 Å². The molecule has 0 aliphatic carbocycles. The zero-order valence-electron chi connectivity index (χ0n) is 13.7. The van der Waals surface area contributed by atoms with Crippen molar-refractivity contribution in [2.75, 3.05) is 13.2 Å². The smallest absolute Gasteiger partial charge is 0.272 e. The molecule has 2 rings (SSSR count). The SMILES string of the molecule is I.NC(=NCc1cccc(OCC(F)F)c1)NCCc1ccccc1. The second kappa shape index (κ2) is 11.6. The molecule has 2 aromatic rings. The Hall–Kier alpha value is -1.90. The van der Waals surface area contributed by atoms with Gasteiger partial charge >= 0.3 is 0 Å². The predicted molar refractivity (Wildman–Crippen MR) is 107 cm³/mol. The van der Waals surface area contributed by atoms with Crippen molar-refractivity contribution in [3.05, 3.63) is 65.7 Å². The normalized spacial score (nSPS) is 11.1. The minimum Gasteiger partial charge on any atom is -0.488 e. The predicted octanol–water partition coefficient (Wildman–Crippen LogP) is 3.60. The summed E-state index contributed by atoms with van der Waals surface area (Å²) in [4.78, 5) is 4.24. The van der Waals surface area contributed by atoms with E-state index in [0.29, 0.717) is 24.8 Å². The van der Waals surface area contributed by atoms with Crippen molar-refractivity contribution >= 4 is 29.9 Å². The lowest BCUT2D eigenvalue weighted by Gasteiger charge is -2.08. The molecule has 0 amide bonds. The Morgan fingerprint density at radius 2 is 1.80 bits per heavy atom. The Labute approximate surface area is 163 Å². The molecule has 0 aromatic heterocycles. The Morgan fingerprint density at radius 3 is 2.52 bits per heavy atom. The first-order chi connectivity index (χ1) is 11.6. The maximum absolute atomic E-state index is 12.1. The van der Waals surface area contributed by atoms with Crippen molar-refractivity contribution in [1.82, 2.24) is 5.32 Å². The van der Waals surface area contributed by atoms with Crippen LogP contribution in [0.15, 0.2) is 59.6 Å². The molecule has 0 unspecified atom stereocenters. The standard InChI is InChI=1S/C18H21F2N3O.HI/c19-17(20)13-24-16-8-4-7-15(11-16)12-23-18(21)22-10-9-14-5-2-1-3-6-14;/h1-8,11,17H,9-10,12-13H2,(H3,21,22,23);1H. The number of benzene rings is 2. The summed E-state index contributed by atoms with van der Waals surface area (Å²) in [6.07, 6.45) is -1.63. The number of hydrogen-bond acceptors (Lipinski definition) is 2. The van der Waals surface area contributed by atoms with Crippen molar-refractivity contribution in [2.45, 2.75) is 19.4 Å². The molecule has 7 heteroatoms. The van der Waals surface area contributed by atoms with E-state index in [4.69, 9.17) is 10.5 Å². The molecule has 2 aromatic carbocycles. The minimum absolute atomic E-state index is 0. The van der Waals surface area contributed by atoms with E-state index in [2.05, 4.69) is 22.4 Å². The molecule has 25 heavy (non-hydrogen) atoms. The summed E-state index contributed by atoms with van der Waals surface area (Å²) in [5.74, 6) is 0.753. The summed E-state index contributed by atoms with van der Waals surface area (Å²) in [5.41, 5.74) is 7.90. The second-order valence-corrected chi connectivity index (χ2v) is 5.21. The average molecular weight is 461 g/mol. The molecule has 0 heterocycles. The Bertz CT molecular complexity index is 654. The van der Waals surface area contributed by atoms with E-state index < -0.39 is 13.0 Å². The van der Waals surface area contributed by atoms with Gasteiger partial charge in [0.2, 0.25) is 0 Å². The number of alkyl halides is 2. The van der Waals surface area contributed by atoms with Crippen LogP contribution in [0.4, 0.5) is 8.78 Å². The zero-order valence-corrected chi connectivity index (χ0v) is 16.0. The van der Waals surface area contributed by atoms with Gasteiger partial charge in [0.15, 0.2) is 5.96 Å². The lowest BCUT2D eigenvalue weighted by atomic mass is 10.1. The third-order valence-electron chi connectivity index (χ3n) is 3.27. The van der Waals surface area contributed by atoms with Gasteiger partial charge in [0.25, 0.3) is 6.43 Å². The highest BCUT2D eigenvalue weighted by Crippen LogP contribution is 2.14. The number of nitrogens with two attached hydrogens (primary N) is 1. The van der Waals surface area contributed by atoms with Gasteiger partial charge in [-0.2, -0.15) is 0 Å². The Kier molecular flexibility index (Phi) is 9.83. The van der Waals surface area contributed by atoms with Gasteiger partial charge in [-0.1, -0.05) is 42.5 Å². The summed E-state index contributed by atoms with van der Waals surface area (Å²) in [6, 6.07) is 17.0. The summed E-state index contributed by atoms with van der Waals surface area (Å²) in [7, 11) is 0. The van der Waals surface area contributed by atoms with Crippen LogP contribution in [-0.2, 0) is 13.0 Å². The van der Waals surface area contributed by atoms with Crippen LogP contribution in [0.3, 0.4) is 0 Å². The van der Waals surface area contributed by atoms with Crippen molar-refractivity contribution in [3.8, 4) is 5.75 Å². The third-order valence-corrected chi connectivity index (χ3v) is 3.27. The van der Waals surface area contributed by atoms with Gasteiger partial charge in [0.1, 0.15) is 12.4 Å². The van der Waals surface area contributed by atoms with Crippen LogP contribution in [-0.4, -0.2) is 25.5 Å². The van der Waals surface area contributed by atoms with Gasteiger partial charge < -0.3 is 15.8 Å². The van der Waals surface area contributed by atoms with E-state index in [1.807, 2.05) is 24.3 Å². The Balaban J connectivity index is 0.00000312. The summed E-state index contributed by atoms with van der Waals surface area (Å²) >= 11 is 0. The quantitative estimate of drug-likeness (QED) is 0.359.